The second kappa shape index (κ2) is 5.96. The highest BCUT2D eigenvalue weighted by Gasteiger charge is 2.50. The molecule has 2 saturated heterocycles. The molecule has 3 atom stereocenters. The zero-order chi connectivity index (χ0) is 15.0. The quantitative estimate of drug-likeness (QED) is 0.842. The summed E-state index contributed by atoms with van der Waals surface area (Å²) >= 11 is 13.2. The molecule has 2 aliphatic rings. The maximum Gasteiger partial charge on any atom is 0.163 e. The summed E-state index contributed by atoms with van der Waals surface area (Å²) < 4.78 is 11.8. The fourth-order valence-electron chi connectivity index (χ4n) is 2.51. The second-order valence-electron chi connectivity index (χ2n) is 5.40. The Morgan fingerprint density at radius 2 is 2.24 bits per heavy atom. The average Bonchev–Trinajstić information content (AvgIpc) is 2.92. The zero-order valence-corrected chi connectivity index (χ0v) is 14.1. The predicted octanol–water partition coefficient (Wildman–Crippen LogP) is 2.18. The Bertz CT molecular complexity index is 558. The van der Waals surface area contributed by atoms with Gasteiger partial charge in [0.2, 0.25) is 0 Å². The monoisotopic (exact) mass is 345 g/mol. The molecule has 1 aromatic rings. The van der Waals surface area contributed by atoms with E-state index in [0.29, 0.717) is 17.4 Å². The fourth-order valence-corrected chi connectivity index (χ4v) is 4.40. The molecule has 3 heterocycles. The molecular weight excluding hydrogens is 330 g/mol. The number of thiocarbonyl (C=S) groups is 1. The molecule has 0 amide bonds. The van der Waals surface area contributed by atoms with Gasteiger partial charge in [0.25, 0.3) is 0 Å². The molecule has 21 heavy (non-hydrogen) atoms. The van der Waals surface area contributed by atoms with Crippen LogP contribution in [0.15, 0.2) is 12.4 Å². The number of aromatic nitrogens is 2. The van der Waals surface area contributed by atoms with Crippen LogP contribution in [-0.4, -0.2) is 44.0 Å². The summed E-state index contributed by atoms with van der Waals surface area (Å²) in [5.74, 6) is 0.366. The van der Waals surface area contributed by atoms with Crippen molar-refractivity contribution in [2.45, 2.75) is 43.6 Å². The van der Waals surface area contributed by atoms with Gasteiger partial charge in [-0.25, -0.2) is 4.98 Å². The average molecular weight is 346 g/mol. The SMILES string of the molecule is CC1(C)OC2CSC(C(=S)NCc3nccnc3Cl)C2O1. The number of halogens is 1. The summed E-state index contributed by atoms with van der Waals surface area (Å²) in [4.78, 5) is 8.93. The summed E-state index contributed by atoms with van der Waals surface area (Å²) in [5.41, 5.74) is 0.685. The number of ether oxygens (including phenoxy) is 2. The van der Waals surface area contributed by atoms with Crippen molar-refractivity contribution < 1.29 is 9.47 Å². The van der Waals surface area contributed by atoms with Crippen molar-refractivity contribution in [1.29, 1.82) is 0 Å². The molecule has 0 radical (unpaired) electrons. The van der Waals surface area contributed by atoms with Crippen LogP contribution >= 0.6 is 35.6 Å². The topological polar surface area (TPSA) is 56.3 Å². The summed E-state index contributed by atoms with van der Waals surface area (Å²) in [5, 5.41) is 3.70. The molecule has 3 unspecified atom stereocenters. The number of rotatable bonds is 3. The first-order valence-electron chi connectivity index (χ1n) is 6.66. The van der Waals surface area contributed by atoms with Crippen molar-refractivity contribution >= 4 is 40.6 Å². The Balaban J connectivity index is 1.60. The van der Waals surface area contributed by atoms with Crippen LogP contribution in [-0.2, 0) is 16.0 Å². The maximum atomic E-state index is 5.99. The molecule has 0 saturated carbocycles. The number of nitrogens with zero attached hydrogens (tertiary/aromatic N) is 2. The summed E-state index contributed by atoms with van der Waals surface area (Å²) in [6, 6.07) is 0. The van der Waals surface area contributed by atoms with E-state index in [4.69, 9.17) is 33.3 Å². The highest BCUT2D eigenvalue weighted by molar-refractivity contribution is 8.02. The van der Waals surface area contributed by atoms with E-state index in [1.54, 1.807) is 24.2 Å². The smallest absolute Gasteiger partial charge is 0.163 e. The normalized spacial score (nSPS) is 30.1. The molecule has 1 N–H and O–H groups in total. The van der Waals surface area contributed by atoms with Crippen LogP contribution in [0.25, 0.3) is 0 Å². The molecule has 0 aliphatic carbocycles. The van der Waals surface area contributed by atoms with Gasteiger partial charge in [0.1, 0.15) is 6.10 Å². The van der Waals surface area contributed by atoms with Crippen molar-refractivity contribution in [3.8, 4) is 0 Å². The van der Waals surface area contributed by atoms with Crippen LogP contribution in [0.3, 0.4) is 0 Å². The number of nitrogens with one attached hydrogen (secondary N) is 1. The molecule has 3 rings (SSSR count). The van der Waals surface area contributed by atoms with E-state index in [9.17, 15) is 0 Å². The van der Waals surface area contributed by atoms with Gasteiger partial charge in [-0.3, -0.25) is 4.98 Å². The Labute approximate surface area is 138 Å². The zero-order valence-electron chi connectivity index (χ0n) is 11.7. The van der Waals surface area contributed by atoms with E-state index >= 15 is 0 Å². The van der Waals surface area contributed by atoms with Gasteiger partial charge >= 0.3 is 0 Å². The van der Waals surface area contributed by atoms with Gasteiger partial charge in [-0.15, -0.1) is 11.8 Å². The van der Waals surface area contributed by atoms with Crippen LogP contribution in [0.5, 0.6) is 0 Å². The van der Waals surface area contributed by atoms with E-state index in [2.05, 4.69) is 15.3 Å². The first-order chi connectivity index (χ1) is 9.96. The highest BCUT2D eigenvalue weighted by Crippen LogP contribution is 2.41. The number of hydrogen-bond donors (Lipinski definition) is 1. The van der Waals surface area contributed by atoms with Crippen molar-refractivity contribution in [3.05, 3.63) is 23.2 Å². The van der Waals surface area contributed by atoms with Gasteiger partial charge in [-0.2, -0.15) is 0 Å². The van der Waals surface area contributed by atoms with E-state index in [0.717, 1.165) is 10.7 Å². The molecular formula is C13H16ClN3O2S2. The Kier molecular flexibility index (Phi) is 4.38. The molecule has 0 bridgehead atoms. The lowest BCUT2D eigenvalue weighted by Crippen LogP contribution is -2.39. The van der Waals surface area contributed by atoms with Crippen LogP contribution in [0.1, 0.15) is 19.5 Å². The Morgan fingerprint density at radius 3 is 3.00 bits per heavy atom. The van der Waals surface area contributed by atoms with Crippen molar-refractivity contribution in [1.82, 2.24) is 15.3 Å². The van der Waals surface area contributed by atoms with E-state index in [1.807, 2.05) is 13.8 Å². The van der Waals surface area contributed by atoms with Crippen LogP contribution < -0.4 is 5.32 Å². The predicted molar refractivity (Wildman–Crippen MR) is 86.6 cm³/mol. The fraction of sp³-hybridized carbons (Fsp3) is 0.615. The largest absolute Gasteiger partial charge is 0.373 e. The molecule has 0 aromatic carbocycles. The van der Waals surface area contributed by atoms with E-state index in [-0.39, 0.29) is 17.5 Å². The third-order valence-corrected chi connectivity index (χ3v) is 5.62. The molecule has 2 fully saturated rings. The minimum Gasteiger partial charge on any atom is -0.373 e. The summed E-state index contributed by atoms with van der Waals surface area (Å²) in [6.45, 7) is 4.33. The summed E-state index contributed by atoms with van der Waals surface area (Å²) in [6.07, 6.45) is 3.29. The van der Waals surface area contributed by atoms with Gasteiger partial charge in [0.15, 0.2) is 10.9 Å². The van der Waals surface area contributed by atoms with Gasteiger partial charge in [0.05, 0.1) is 28.6 Å². The lowest BCUT2D eigenvalue weighted by atomic mass is 10.1. The first-order valence-corrected chi connectivity index (χ1v) is 8.50. The first kappa shape index (κ1) is 15.4. The molecule has 8 heteroatoms. The Morgan fingerprint density at radius 1 is 1.48 bits per heavy atom. The van der Waals surface area contributed by atoms with Crippen molar-refractivity contribution in [2.75, 3.05) is 5.75 Å². The number of thioether (sulfide) groups is 1. The number of hydrogen-bond acceptors (Lipinski definition) is 6. The van der Waals surface area contributed by atoms with Gasteiger partial charge in [-0.05, 0) is 13.8 Å². The summed E-state index contributed by atoms with van der Waals surface area (Å²) in [7, 11) is 0. The van der Waals surface area contributed by atoms with Gasteiger partial charge < -0.3 is 14.8 Å². The third-order valence-electron chi connectivity index (χ3n) is 3.37. The van der Waals surface area contributed by atoms with Crippen LogP contribution in [0.2, 0.25) is 5.15 Å². The van der Waals surface area contributed by atoms with Crippen LogP contribution in [0, 0.1) is 0 Å². The second-order valence-corrected chi connectivity index (χ2v) is 7.38. The van der Waals surface area contributed by atoms with Gasteiger partial charge in [0, 0.05) is 18.1 Å². The van der Waals surface area contributed by atoms with E-state index < -0.39 is 5.79 Å². The van der Waals surface area contributed by atoms with E-state index in [1.165, 1.54) is 0 Å². The molecule has 114 valence electrons. The lowest BCUT2D eigenvalue weighted by molar-refractivity contribution is -0.144. The highest BCUT2D eigenvalue weighted by atomic mass is 35.5. The lowest BCUT2D eigenvalue weighted by Gasteiger charge is -2.22. The standard InChI is InChI=1S/C13H16ClN3O2S2/c1-13(2)18-8-6-21-10(9(8)19-13)12(20)17-5-7-11(14)16-4-3-15-7/h3-4,8-10H,5-6H2,1-2H3,(H,17,20). The number of fused-ring (bicyclic) bond motifs is 1. The van der Waals surface area contributed by atoms with Crippen molar-refractivity contribution in [3.63, 3.8) is 0 Å². The molecule has 1 aromatic heterocycles. The minimum atomic E-state index is -0.529. The van der Waals surface area contributed by atoms with Crippen molar-refractivity contribution in [2.24, 2.45) is 0 Å². The van der Waals surface area contributed by atoms with Gasteiger partial charge in [-0.1, -0.05) is 23.8 Å². The maximum absolute atomic E-state index is 5.99. The van der Waals surface area contributed by atoms with Crippen LogP contribution in [0.4, 0.5) is 0 Å². The third kappa shape index (κ3) is 3.32. The molecule has 5 nitrogen and oxygen atoms in total. The molecule has 0 spiro atoms. The Hall–Kier alpha value is -0.470. The molecule has 2 aliphatic heterocycles. The minimum absolute atomic E-state index is 0.00216.